The van der Waals surface area contributed by atoms with E-state index in [1.807, 2.05) is 6.07 Å². The topological polar surface area (TPSA) is 12.0 Å². The predicted molar refractivity (Wildman–Crippen MR) is 81.5 cm³/mol. The van der Waals surface area contributed by atoms with Gasteiger partial charge in [-0.25, -0.2) is 4.39 Å². The third kappa shape index (κ3) is 6.40. The monoisotopic (exact) mass is 285 g/mol. The molecule has 1 aromatic rings. The maximum absolute atomic E-state index is 13.3. The zero-order valence-corrected chi connectivity index (χ0v) is 13.0. The van der Waals surface area contributed by atoms with Crippen LogP contribution in [0.1, 0.15) is 50.7 Å². The van der Waals surface area contributed by atoms with E-state index in [0.29, 0.717) is 16.6 Å². The van der Waals surface area contributed by atoms with Crippen molar-refractivity contribution in [2.24, 2.45) is 0 Å². The molecule has 19 heavy (non-hydrogen) atoms. The number of rotatable bonds is 8. The minimum Gasteiger partial charge on any atom is -0.315 e. The molecule has 0 bridgehead atoms. The molecule has 108 valence electrons. The molecule has 1 nitrogen and oxygen atoms in total. The Hall–Kier alpha value is -0.600. The number of hydrogen-bond donors (Lipinski definition) is 1. The molecule has 0 aliphatic carbocycles. The van der Waals surface area contributed by atoms with Crippen molar-refractivity contribution in [1.29, 1.82) is 0 Å². The van der Waals surface area contributed by atoms with Crippen molar-refractivity contribution in [2.45, 2.75) is 58.9 Å². The Balaban J connectivity index is 2.21. The number of aryl methyl sites for hydroxylation is 2. The first-order chi connectivity index (χ1) is 9.00. The molecule has 1 N–H and O–H groups in total. The first-order valence-corrected chi connectivity index (χ1v) is 7.56. The van der Waals surface area contributed by atoms with Gasteiger partial charge in [0, 0.05) is 11.1 Å². The zero-order valence-electron chi connectivity index (χ0n) is 12.2. The predicted octanol–water partition coefficient (Wildman–Crippen LogP) is 4.89. The largest absolute Gasteiger partial charge is 0.315 e. The normalized spacial score (nSPS) is 11.3. The van der Waals surface area contributed by atoms with Gasteiger partial charge >= 0.3 is 0 Å². The van der Waals surface area contributed by atoms with Gasteiger partial charge in [0.05, 0.1) is 0 Å². The molecule has 0 aliphatic rings. The summed E-state index contributed by atoms with van der Waals surface area (Å²) in [4.78, 5) is 0. The lowest BCUT2D eigenvalue weighted by molar-refractivity contribution is 0.541. The minimum absolute atomic E-state index is 0.214. The summed E-state index contributed by atoms with van der Waals surface area (Å²) < 4.78 is 13.3. The van der Waals surface area contributed by atoms with E-state index in [1.54, 1.807) is 6.92 Å². The third-order valence-electron chi connectivity index (χ3n) is 3.25. The smallest absolute Gasteiger partial charge is 0.127 e. The lowest BCUT2D eigenvalue weighted by Crippen LogP contribution is -2.23. The minimum atomic E-state index is -0.214. The van der Waals surface area contributed by atoms with Crippen LogP contribution in [0.5, 0.6) is 0 Å². The Morgan fingerprint density at radius 1 is 1.16 bits per heavy atom. The van der Waals surface area contributed by atoms with Gasteiger partial charge in [0.15, 0.2) is 0 Å². The van der Waals surface area contributed by atoms with Crippen LogP contribution in [0.4, 0.5) is 4.39 Å². The van der Waals surface area contributed by atoms with Crippen molar-refractivity contribution in [3.05, 3.63) is 34.1 Å². The van der Waals surface area contributed by atoms with E-state index < -0.39 is 0 Å². The molecule has 0 radical (unpaired) electrons. The molecule has 0 aliphatic heterocycles. The summed E-state index contributed by atoms with van der Waals surface area (Å²) in [5, 5.41) is 3.97. The van der Waals surface area contributed by atoms with Crippen LogP contribution < -0.4 is 5.32 Å². The highest BCUT2D eigenvalue weighted by Gasteiger charge is 2.05. The first kappa shape index (κ1) is 16.5. The van der Waals surface area contributed by atoms with E-state index in [9.17, 15) is 4.39 Å². The van der Waals surface area contributed by atoms with Gasteiger partial charge in [-0.1, -0.05) is 44.4 Å². The van der Waals surface area contributed by atoms with E-state index in [4.69, 9.17) is 11.6 Å². The van der Waals surface area contributed by atoms with Crippen LogP contribution in [0.25, 0.3) is 0 Å². The standard InChI is InChI=1S/C16H25ClFN/c1-12(2)19-9-7-5-4-6-8-14-10-13(3)16(18)11-15(14)17/h10-12,19H,4-9H2,1-3H3. The van der Waals surface area contributed by atoms with Gasteiger partial charge in [-0.3, -0.25) is 0 Å². The average Bonchev–Trinajstić information content (AvgIpc) is 2.33. The first-order valence-electron chi connectivity index (χ1n) is 7.18. The highest BCUT2D eigenvalue weighted by molar-refractivity contribution is 6.31. The van der Waals surface area contributed by atoms with Crippen LogP contribution in [0.3, 0.4) is 0 Å². The van der Waals surface area contributed by atoms with Gasteiger partial charge in [-0.05, 0) is 49.9 Å². The van der Waals surface area contributed by atoms with Gasteiger partial charge in [0.2, 0.25) is 0 Å². The maximum Gasteiger partial charge on any atom is 0.127 e. The second-order valence-electron chi connectivity index (χ2n) is 5.47. The van der Waals surface area contributed by atoms with Crippen molar-refractivity contribution < 1.29 is 4.39 Å². The van der Waals surface area contributed by atoms with E-state index >= 15 is 0 Å². The Morgan fingerprint density at radius 2 is 1.84 bits per heavy atom. The summed E-state index contributed by atoms with van der Waals surface area (Å²) in [5.41, 5.74) is 1.75. The van der Waals surface area contributed by atoms with Crippen LogP contribution in [0.15, 0.2) is 12.1 Å². The summed E-state index contributed by atoms with van der Waals surface area (Å²) >= 11 is 6.05. The molecule has 0 fully saturated rings. The quantitative estimate of drug-likeness (QED) is 0.671. The number of halogens is 2. The van der Waals surface area contributed by atoms with Crippen molar-refractivity contribution in [2.75, 3.05) is 6.54 Å². The van der Waals surface area contributed by atoms with Crippen LogP contribution in [0.2, 0.25) is 5.02 Å². The van der Waals surface area contributed by atoms with Crippen molar-refractivity contribution in [3.63, 3.8) is 0 Å². The van der Waals surface area contributed by atoms with Crippen LogP contribution in [-0.4, -0.2) is 12.6 Å². The van der Waals surface area contributed by atoms with Gasteiger partial charge in [-0.15, -0.1) is 0 Å². The van der Waals surface area contributed by atoms with Crippen LogP contribution in [-0.2, 0) is 6.42 Å². The molecule has 0 unspecified atom stereocenters. The second-order valence-corrected chi connectivity index (χ2v) is 5.87. The molecular formula is C16H25ClFN. The SMILES string of the molecule is Cc1cc(CCCCCCNC(C)C)c(Cl)cc1F. The fourth-order valence-corrected chi connectivity index (χ4v) is 2.34. The van der Waals surface area contributed by atoms with Gasteiger partial charge in [0.1, 0.15) is 5.82 Å². The zero-order chi connectivity index (χ0) is 14.3. The third-order valence-corrected chi connectivity index (χ3v) is 3.60. The molecule has 1 aromatic carbocycles. The fourth-order valence-electron chi connectivity index (χ4n) is 2.09. The number of hydrogen-bond acceptors (Lipinski definition) is 1. The lowest BCUT2D eigenvalue weighted by Gasteiger charge is -2.08. The van der Waals surface area contributed by atoms with E-state index in [0.717, 1.165) is 24.9 Å². The van der Waals surface area contributed by atoms with Crippen LogP contribution >= 0.6 is 11.6 Å². The summed E-state index contributed by atoms with van der Waals surface area (Å²) in [6, 6.07) is 3.87. The molecule has 0 saturated carbocycles. The van der Waals surface area contributed by atoms with E-state index in [-0.39, 0.29) is 5.82 Å². The van der Waals surface area contributed by atoms with Gasteiger partial charge in [-0.2, -0.15) is 0 Å². The molecule has 0 spiro atoms. The Morgan fingerprint density at radius 3 is 2.53 bits per heavy atom. The Labute approximate surface area is 121 Å². The molecule has 1 rings (SSSR count). The van der Waals surface area contributed by atoms with Crippen molar-refractivity contribution >= 4 is 11.6 Å². The highest BCUT2D eigenvalue weighted by atomic mass is 35.5. The van der Waals surface area contributed by atoms with Gasteiger partial charge in [0.25, 0.3) is 0 Å². The average molecular weight is 286 g/mol. The van der Waals surface area contributed by atoms with E-state index in [2.05, 4.69) is 19.2 Å². The van der Waals surface area contributed by atoms with Crippen molar-refractivity contribution in [3.8, 4) is 0 Å². The van der Waals surface area contributed by atoms with Crippen molar-refractivity contribution in [1.82, 2.24) is 5.32 Å². The Kier molecular flexibility index (Phi) is 7.40. The number of unbranched alkanes of at least 4 members (excludes halogenated alkanes) is 3. The highest BCUT2D eigenvalue weighted by Crippen LogP contribution is 2.22. The summed E-state index contributed by atoms with van der Waals surface area (Å²) in [6.45, 7) is 7.21. The summed E-state index contributed by atoms with van der Waals surface area (Å²) in [6.07, 6.45) is 5.71. The molecule has 0 amide bonds. The summed E-state index contributed by atoms with van der Waals surface area (Å²) in [5.74, 6) is -0.214. The molecule has 0 atom stereocenters. The molecule has 0 saturated heterocycles. The Bertz CT molecular complexity index is 391. The fraction of sp³-hybridized carbons (Fsp3) is 0.625. The molecule has 0 aromatic heterocycles. The van der Waals surface area contributed by atoms with Gasteiger partial charge < -0.3 is 5.32 Å². The maximum atomic E-state index is 13.3. The summed E-state index contributed by atoms with van der Waals surface area (Å²) in [7, 11) is 0. The molecule has 0 heterocycles. The molecular weight excluding hydrogens is 261 g/mol. The molecule has 3 heteroatoms. The lowest BCUT2D eigenvalue weighted by atomic mass is 10.0. The number of nitrogens with one attached hydrogen (secondary N) is 1. The second kappa shape index (κ2) is 8.55. The number of benzene rings is 1. The van der Waals surface area contributed by atoms with E-state index in [1.165, 1.54) is 25.3 Å². The van der Waals surface area contributed by atoms with Crippen LogP contribution in [0, 0.1) is 12.7 Å².